The predicted molar refractivity (Wildman–Crippen MR) is 118 cm³/mol. The van der Waals surface area contributed by atoms with Crippen molar-refractivity contribution in [2.75, 3.05) is 12.3 Å². The molecule has 0 atom stereocenters. The Hall–Kier alpha value is -3.12. The quantitative estimate of drug-likeness (QED) is 0.508. The molecule has 2 aromatic heterocycles. The summed E-state index contributed by atoms with van der Waals surface area (Å²) in [5.74, 6) is 2.03. The average Bonchev–Trinajstić information content (AvgIpc) is 3.10. The molecule has 0 bridgehead atoms. The molecule has 2 heterocycles. The predicted octanol–water partition coefficient (Wildman–Crippen LogP) is 4.85. The molecular formula is C23H28N4O2. The van der Waals surface area contributed by atoms with E-state index in [2.05, 4.69) is 9.97 Å². The van der Waals surface area contributed by atoms with Crippen LogP contribution in [0.4, 0.5) is 5.82 Å². The lowest BCUT2D eigenvalue weighted by molar-refractivity contribution is 0.126. The van der Waals surface area contributed by atoms with E-state index in [-0.39, 0.29) is 0 Å². The summed E-state index contributed by atoms with van der Waals surface area (Å²) in [5.41, 5.74) is 9.72. The highest BCUT2D eigenvalue weighted by atomic mass is 16.5. The maximum absolute atomic E-state index is 6.15. The van der Waals surface area contributed by atoms with Crippen LogP contribution in [0.25, 0.3) is 21.9 Å². The van der Waals surface area contributed by atoms with E-state index in [1.165, 1.54) is 0 Å². The van der Waals surface area contributed by atoms with E-state index in [9.17, 15) is 0 Å². The smallest absolute Gasteiger partial charge is 0.152 e. The number of hydrogen-bond donors (Lipinski definition) is 1. The summed E-state index contributed by atoms with van der Waals surface area (Å²) in [7, 11) is 1.97. The lowest BCUT2D eigenvalue weighted by Crippen LogP contribution is -2.01. The Balaban J connectivity index is 0.00000117. The van der Waals surface area contributed by atoms with Crippen LogP contribution in [-0.4, -0.2) is 21.1 Å². The molecule has 0 amide bonds. The molecule has 0 spiro atoms. The van der Waals surface area contributed by atoms with Crippen molar-refractivity contribution in [3.63, 3.8) is 0 Å². The van der Waals surface area contributed by atoms with Crippen molar-refractivity contribution >= 4 is 27.8 Å². The number of fused-ring (bicyclic) bond motifs is 3. The topological polar surface area (TPSA) is 75.2 Å². The Morgan fingerprint density at radius 1 is 1.00 bits per heavy atom. The van der Waals surface area contributed by atoms with Crippen LogP contribution in [-0.2, 0) is 25.0 Å². The molecule has 0 aliphatic rings. The summed E-state index contributed by atoms with van der Waals surface area (Å²) in [6.45, 7) is 7.55. The maximum atomic E-state index is 6.15. The van der Waals surface area contributed by atoms with E-state index < -0.39 is 0 Å². The van der Waals surface area contributed by atoms with Gasteiger partial charge in [0.1, 0.15) is 30.3 Å². The number of rotatable bonds is 6. The van der Waals surface area contributed by atoms with Crippen LogP contribution in [0.5, 0.6) is 5.75 Å². The summed E-state index contributed by atoms with van der Waals surface area (Å²) in [5, 5.41) is 0.961. The first-order valence-electron chi connectivity index (χ1n) is 9.96. The molecule has 152 valence electrons. The molecule has 0 aliphatic carbocycles. The van der Waals surface area contributed by atoms with Crippen molar-refractivity contribution in [1.29, 1.82) is 0 Å². The Morgan fingerprint density at radius 2 is 1.76 bits per heavy atom. The van der Waals surface area contributed by atoms with E-state index in [1.54, 1.807) is 0 Å². The minimum Gasteiger partial charge on any atom is -0.489 e. The van der Waals surface area contributed by atoms with Crippen LogP contribution in [0.2, 0.25) is 0 Å². The minimum atomic E-state index is 0.425. The van der Waals surface area contributed by atoms with Gasteiger partial charge >= 0.3 is 0 Å². The van der Waals surface area contributed by atoms with Gasteiger partial charge in [-0.25, -0.2) is 9.97 Å². The fraction of sp³-hybridized carbons (Fsp3) is 0.304. The first-order chi connectivity index (χ1) is 14.2. The number of nitrogens with zero attached hydrogens (tertiary/aromatic N) is 3. The van der Waals surface area contributed by atoms with E-state index in [0.717, 1.165) is 33.6 Å². The Morgan fingerprint density at radius 3 is 2.48 bits per heavy atom. The van der Waals surface area contributed by atoms with Crippen molar-refractivity contribution in [2.45, 2.75) is 34.0 Å². The molecular weight excluding hydrogens is 364 g/mol. The monoisotopic (exact) mass is 392 g/mol. The highest BCUT2D eigenvalue weighted by Crippen LogP contribution is 2.31. The van der Waals surface area contributed by atoms with Gasteiger partial charge in [0.25, 0.3) is 0 Å². The van der Waals surface area contributed by atoms with Gasteiger partial charge < -0.3 is 19.8 Å². The molecule has 4 rings (SSSR count). The van der Waals surface area contributed by atoms with Gasteiger partial charge in [0.05, 0.1) is 11.0 Å². The second-order valence-electron chi connectivity index (χ2n) is 6.37. The number of pyridine rings is 1. The molecule has 0 fully saturated rings. The number of nitrogens with two attached hydrogens (primary N) is 1. The van der Waals surface area contributed by atoms with Crippen molar-refractivity contribution in [2.24, 2.45) is 7.05 Å². The molecule has 6 heteroatoms. The number of benzene rings is 2. The summed E-state index contributed by atoms with van der Waals surface area (Å²) in [6, 6.07) is 15.9. The van der Waals surface area contributed by atoms with Crippen molar-refractivity contribution in [3.05, 3.63) is 59.9 Å². The fourth-order valence-corrected chi connectivity index (χ4v) is 3.17. The third-order valence-corrected chi connectivity index (χ3v) is 4.58. The number of aryl methyl sites for hydroxylation is 1. The van der Waals surface area contributed by atoms with Crippen molar-refractivity contribution in [3.8, 4) is 5.75 Å². The van der Waals surface area contributed by atoms with Crippen LogP contribution >= 0.6 is 0 Å². The third-order valence-electron chi connectivity index (χ3n) is 4.58. The molecule has 2 N–H and O–H groups in total. The molecule has 0 saturated carbocycles. The number of hydrogen-bond acceptors (Lipinski definition) is 5. The van der Waals surface area contributed by atoms with E-state index >= 15 is 0 Å². The number of imidazole rings is 1. The second-order valence-corrected chi connectivity index (χ2v) is 6.37. The van der Waals surface area contributed by atoms with Gasteiger partial charge in [-0.1, -0.05) is 44.2 Å². The molecule has 6 nitrogen and oxygen atoms in total. The summed E-state index contributed by atoms with van der Waals surface area (Å²) in [6.07, 6.45) is 0. The first-order valence-corrected chi connectivity index (χ1v) is 9.96. The minimum absolute atomic E-state index is 0.425. The standard InChI is InChI=1S/C21H22N4O2.C2H6/c1-3-26-13-18-24-19-20(25(18)2)16-11-15(9-10-17(16)23-21(19)22)27-12-14-7-5-4-6-8-14;1-2/h4-11H,3,12-13H2,1-2H3,(H2,22,23);1-2H3. The van der Waals surface area contributed by atoms with E-state index in [0.29, 0.717) is 31.2 Å². The fourth-order valence-electron chi connectivity index (χ4n) is 3.17. The molecule has 0 aliphatic heterocycles. The van der Waals surface area contributed by atoms with Crippen LogP contribution in [0.15, 0.2) is 48.5 Å². The molecule has 0 saturated heterocycles. The number of ether oxygens (including phenoxy) is 2. The number of nitrogen functional groups attached to an aromatic ring is 1. The van der Waals surface area contributed by atoms with Gasteiger partial charge in [0.2, 0.25) is 0 Å². The summed E-state index contributed by atoms with van der Waals surface area (Å²) < 4.78 is 13.5. The van der Waals surface area contributed by atoms with Crippen LogP contribution in [0, 0.1) is 0 Å². The van der Waals surface area contributed by atoms with Crippen LogP contribution < -0.4 is 10.5 Å². The van der Waals surface area contributed by atoms with Crippen molar-refractivity contribution in [1.82, 2.24) is 14.5 Å². The van der Waals surface area contributed by atoms with Gasteiger partial charge in [-0.2, -0.15) is 0 Å². The summed E-state index contributed by atoms with van der Waals surface area (Å²) in [4.78, 5) is 9.14. The Kier molecular flexibility index (Phi) is 6.67. The maximum Gasteiger partial charge on any atom is 0.152 e. The van der Waals surface area contributed by atoms with Gasteiger partial charge in [-0.3, -0.25) is 0 Å². The molecule has 0 unspecified atom stereocenters. The van der Waals surface area contributed by atoms with Crippen LogP contribution in [0.1, 0.15) is 32.2 Å². The highest BCUT2D eigenvalue weighted by molar-refractivity contribution is 6.07. The number of aromatic nitrogens is 3. The zero-order valence-corrected chi connectivity index (χ0v) is 17.5. The lowest BCUT2D eigenvalue weighted by atomic mass is 10.1. The second kappa shape index (κ2) is 9.39. The third kappa shape index (κ3) is 4.32. The van der Waals surface area contributed by atoms with E-state index in [1.807, 2.05) is 80.9 Å². The largest absolute Gasteiger partial charge is 0.489 e. The first kappa shape index (κ1) is 20.6. The van der Waals surface area contributed by atoms with Gasteiger partial charge in [0.15, 0.2) is 5.82 Å². The van der Waals surface area contributed by atoms with Gasteiger partial charge in [-0.05, 0) is 30.7 Å². The van der Waals surface area contributed by atoms with Crippen LogP contribution in [0.3, 0.4) is 0 Å². The highest BCUT2D eigenvalue weighted by Gasteiger charge is 2.16. The lowest BCUT2D eigenvalue weighted by Gasteiger charge is -2.09. The van der Waals surface area contributed by atoms with E-state index in [4.69, 9.17) is 15.2 Å². The number of anilines is 1. The SMILES string of the molecule is CC.CCOCc1nc2c(N)nc3ccc(OCc4ccccc4)cc3c2n1C. The Bertz CT molecular complexity index is 1090. The molecule has 29 heavy (non-hydrogen) atoms. The van der Waals surface area contributed by atoms with Gasteiger partial charge in [0, 0.05) is 19.0 Å². The zero-order valence-electron chi connectivity index (χ0n) is 17.5. The summed E-state index contributed by atoms with van der Waals surface area (Å²) >= 11 is 0. The molecule has 2 aromatic carbocycles. The average molecular weight is 393 g/mol. The Labute approximate surface area is 171 Å². The normalized spacial score (nSPS) is 10.8. The van der Waals surface area contributed by atoms with Gasteiger partial charge in [-0.15, -0.1) is 0 Å². The molecule has 0 radical (unpaired) electrons. The zero-order chi connectivity index (χ0) is 20.8. The molecule has 4 aromatic rings. The van der Waals surface area contributed by atoms with Crippen molar-refractivity contribution < 1.29 is 9.47 Å².